The highest BCUT2D eigenvalue weighted by Crippen LogP contribution is 2.45. The Balaban J connectivity index is 1.34. The zero-order valence-electron chi connectivity index (χ0n) is 24.6. The second-order valence-electron chi connectivity index (χ2n) is 10.7. The summed E-state index contributed by atoms with van der Waals surface area (Å²) in [6.07, 6.45) is 0. The molecule has 0 amide bonds. The van der Waals surface area contributed by atoms with Crippen LogP contribution in [-0.4, -0.2) is 24.8 Å². The fourth-order valence-corrected chi connectivity index (χ4v) is 6.29. The minimum Gasteiger partial charge on any atom is -0.494 e. The first-order valence-electron chi connectivity index (χ1n) is 14.9. The normalized spacial score (nSPS) is 13.8. The van der Waals surface area contributed by atoms with Crippen molar-refractivity contribution in [3.8, 4) is 11.5 Å². The van der Waals surface area contributed by atoms with Gasteiger partial charge in [-0.15, -0.1) is 0 Å². The number of allylic oxidation sites excluding steroid dienone is 2. The van der Waals surface area contributed by atoms with Gasteiger partial charge in [-0.25, -0.2) is 0 Å². The molecule has 0 aromatic heterocycles. The van der Waals surface area contributed by atoms with Crippen LogP contribution in [0.15, 0.2) is 121 Å². The van der Waals surface area contributed by atoms with Crippen molar-refractivity contribution in [1.82, 2.24) is 0 Å². The number of hydrogen-bond donors (Lipinski definition) is 0. The minimum atomic E-state index is -0.00382. The van der Waals surface area contributed by atoms with E-state index in [0.29, 0.717) is 35.5 Å². The Morgan fingerprint density at radius 2 is 0.682 bits per heavy atom. The maximum Gasteiger partial charge on any atom is 0.194 e. The highest BCUT2D eigenvalue weighted by molar-refractivity contribution is 6.42. The molecule has 4 nitrogen and oxygen atoms in total. The van der Waals surface area contributed by atoms with Crippen LogP contribution in [0.2, 0.25) is 0 Å². The third-order valence-electron chi connectivity index (χ3n) is 8.21. The van der Waals surface area contributed by atoms with Gasteiger partial charge in [-0.3, -0.25) is 9.59 Å². The molecular weight excluding hydrogens is 544 g/mol. The van der Waals surface area contributed by atoms with E-state index in [1.165, 1.54) is 0 Å². The molecule has 0 unspecified atom stereocenters. The molecule has 4 heteroatoms. The van der Waals surface area contributed by atoms with Crippen molar-refractivity contribution in [2.45, 2.75) is 13.8 Å². The first-order valence-corrected chi connectivity index (χ1v) is 14.9. The number of carbonyl (C=O) groups excluding carboxylic acids is 2. The summed E-state index contributed by atoms with van der Waals surface area (Å²) in [4.78, 5) is 27.7. The molecular formula is C40H30O4. The van der Waals surface area contributed by atoms with E-state index in [2.05, 4.69) is 0 Å². The Morgan fingerprint density at radius 1 is 0.386 bits per heavy atom. The molecule has 5 aromatic rings. The zero-order chi connectivity index (χ0) is 30.2. The van der Waals surface area contributed by atoms with Crippen LogP contribution in [0.4, 0.5) is 0 Å². The largest absolute Gasteiger partial charge is 0.494 e. The Labute approximate surface area is 256 Å². The fraction of sp³-hybridized carbons (Fsp3) is 0.100. The molecule has 44 heavy (non-hydrogen) atoms. The Bertz CT molecular complexity index is 1830. The predicted octanol–water partition coefficient (Wildman–Crippen LogP) is 8.79. The first-order chi connectivity index (χ1) is 21.6. The summed E-state index contributed by atoms with van der Waals surface area (Å²) in [5.41, 5.74) is 9.86. The average molecular weight is 575 g/mol. The van der Waals surface area contributed by atoms with Gasteiger partial charge >= 0.3 is 0 Å². The van der Waals surface area contributed by atoms with Gasteiger partial charge in [0.25, 0.3) is 0 Å². The van der Waals surface area contributed by atoms with Crippen LogP contribution in [0.3, 0.4) is 0 Å². The van der Waals surface area contributed by atoms with Gasteiger partial charge in [-0.1, -0.05) is 97.1 Å². The van der Waals surface area contributed by atoms with Gasteiger partial charge in [-0.2, -0.15) is 0 Å². The van der Waals surface area contributed by atoms with E-state index in [4.69, 9.17) is 9.47 Å². The lowest BCUT2D eigenvalue weighted by Gasteiger charge is -2.12. The number of hydrogen-bond acceptors (Lipinski definition) is 4. The highest BCUT2D eigenvalue weighted by Gasteiger charge is 2.33. The van der Waals surface area contributed by atoms with Gasteiger partial charge in [0.2, 0.25) is 0 Å². The third-order valence-corrected chi connectivity index (χ3v) is 8.21. The maximum absolute atomic E-state index is 13.8. The molecule has 7 rings (SSSR count). The van der Waals surface area contributed by atoms with Crippen LogP contribution in [0, 0.1) is 0 Å². The van der Waals surface area contributed by atoms with Crippen molar-refractivity contribution in [3.63, 3.8) is 0 Å². The molecule has 0 fully saturated rings. The Hall–Kier alpha value is -5.48. The molecule has 0 radical (unpaired) electrons. The van der Waals surface area contributed by atoms with E-state index >= 15 is 0 Å². The summed E-state index contributed by atoms with van der Waals surface area (Å²) in [5.74, 6) is 1.57. The smallest absolute Gasteiger partial charge is 0.194 e. The Morgan fingerprint density at radius 3 is 1.02 bits per heavy atom. The molecule has 0 N–H and O–H groups in total. The SMILES string of the molecule is CCOc1ccc(C2=C(c3ccc(C4=C(c5ccc(OCC)cc5)c5ccccc5C4=O)cc3)C(=O)c3ccccc32)cc1. The van der Waals surface area contributed by atoms with Gasteiger partial charge in [0.1, 0.15) is 11.5 Å². The van der Waals surface area contributed by atoms with E-state index in [9.17, 15) is 9.59 Å². The summed E-state index contributed by atoms with van der Waals surface area (Å²) in [6.45, 7) is 5.09. The van der Waals surface area contributed by atoms with Crippen LogP contribution in [0.5, 0.6) is 11.5 Å². The lowest BCUT2D eigenvalue weighted by atomic mass is 9.91. The average Bonchev–Trinajstić information content (AvgIpc) is 3.53. The van der Waals surface area contributed by atoms with Crippen molar-refractivity contribution in [3.05, 3.63) is 166 Å². The number of fused-ring (bicyclic) bond motifs is 2. The fourth-order valence-electron chi connectivity index (χ4n) is 6.29. The number of ether oxygens (including phenoxy) is 2. The number of ketones is 2. The standard InChI is InChI=1S/C40H30O4/c1-3-43-29-21-17-25(18-22-29)35-31-9-5-7-11-33(31)39(41)37(35)27-13-15-28(16-14-27)38-36(26-19-23-30(24-20-26)44-4-2)32-10-6-8-12-34(32)40(38)42/h5-24H,3-4H2,1-2H3. The monoisotopic (exact) mass is 574 g/mol. The summed E-state index contributed by atoms with van der Waals surface area (Å²) in [7, 11) is 0. The number of Topliss-reactive ketones (excluding diaryl/α,β-unsaturated/α-hetero) is 2. The predicted molar refractivity (Wildman–Crippen MR) is 175 cm³/mol. The summed E-state index contributed by atoms with van der Waals surface area (Å²) >= 11 is 0. The van der Waals surface area contributed by atoms with Crippen molar-refractivity contribution >= 4 is 33.9 Å². The molecule has 2 aliphatic rings. The molecule has 214 valence electrons. The number of carbonyl (C=O) groups is 2. The van der Waals surface area contributed by atoms with Crippen LogP contribution in [0.25, 0.3) is 22.3 Å². The summed E-state index contributed by atoms with van der Waals surface area (Å²) in [5, 5.41) is 0. The molecule has 5 aromatic carbocycles. The molecule has 0 heterocycles. The van der Waals surface area contributed by atoms with Crippen molar-refractivity contribution in [1.29, 1.82) is 0 Å². The molecule has 0 spiro atoms. The molecule has 2 aliphatic carbocycles. The third kappa shape index (κ3) is 4.56. The van der Waals surface area contributed by atoms with Crippen LogP contribution in [0.1, 0.15) is 67.9 Å². The Kier molecular flexibility index (Phi) is 7.03. The lowest BCUT2D eigenvalue weighted by Crippen LogP contribution is -2.01. The molecule has 0 aliphatic heterocycles. The van der Waals surface area contributed by atoms with Gasteiger partial charge in [0, 0.05) is 33.4 Å². The van der Waals surface area contributed by atoms with Crippen LogP contribution in [-0.2, 0) is 0 Å². The molecule has 0 saturated heterocycles. The zero-order valence-corrected chi connectivity index (χ0v) is 24.6. The van der Waals surface area contributed by atoms with E-state index in [-0.39, 0.29) is 11.6 Å². The lowest BCUT2D eigenvalue weighted by molar-refractivity contribution is 0.105. The summed E-state index contributed by atoms with van der Waals surface area (Å²) < 4.78 is 11.3. The van der Waals surface area contributed by atoms with Gasteiger partial charge in [-0.05, 0) is 71.5 Å². The topological polar surface area (TPSA) is 52.6 Å². The van der Waals surface area contributed by atoms with Crippen molar-refractivity contribution in [2.75, 3.05) is 13.2 Å². The van der Waals surface area contributed by atoms with E-state index in [0.717, 1.165) is 56.0 Å². The van der Waals surface area contributed by atoms with Gasteiger partial charge in [0.15, 0.2) is 11.6 Å². The molecule has 0 atom stereocenters. The van der Waals surface area contributed by atoms with Gasteiger partial charge < -0.3 is 9.47 Å². The van der Waals surface area contributed by atoms with E-state index in [1.807, 2.05) is 135 Å². The highest BCUT2D eigenvalue weighted by atomic mass is 16.5. The second kappa shape index (κ2) is 11.3. The van der Waals surface area contributed by atoms with Crippen molar-refractivity contribution < 1.29 is 19.1 Å². The minimum absolute atomic E-state index is 0.00382. The number of rotatable bonds is 8. The quantitative estimate of drug-likeness (QED) is 0.186. The van der Waals surface area contributed by atoms with E-state index < -0.39 is 0 Å². The van der Waals surface area contributed by atoms with Crippen LogP contribution < -0.4 is 9.47 Å². The van der Waals surface area contributed by atoms with Gasteiger partial charge in [0.05, 0.1) is 13.2 Å². The summed E-state index contributed by atoms with van der Waals surface area (Å²) in [6, 6.07) is 39.1. The van der Waals surface area contributed by atoms with E-state index in [1.54, 1.807) is 0 Å². The van der Waals surface area contributed by atoms with Crippen LogP contribution >= 0.6 is 0 Å². The van der Waals surface area contributed by atoms with Crippen molar-refractivity contribution in [2.24, 2.45) is 0 Å². The second-order valence-corrected chi connectivity index (χ2v) is 10.7. The molecule has 0 saturated carbocycles. The molecule has 0 bridgehead atoms. The first kappa shape index (κ1) is 27.4. The maximum atomic E-state index is 13.8. The number of benzene rings is 5.